The minimum Gasteiger partial charge on any atom is -0.356 e. The largest absolute Gasteiger partial charge is 0.356 e. The first kappa shape index (κ1) is 32.2. The lowest BCUT2D eigenvalue weighted by Crippen LogP contribution is -2.51. The highest BCUT2D eigenvalue weighted by molar-refractivity contribution is 7.89. The average Bonchev–Trinajstić information content (AvgIpc) is 3.49. The monoisotopic (exact) mass is 581 g/mol. The van der Waals surface area contributed by atoms with Crippen LogP contribution in [0.1, 0.15) is 105 Å². The first-order valence-corrected chi connectivity index (χ1v) is 17.9. The lowest BCUT2D eigenvalue weighted by molar-refractivity contribution is -0.125. The summed E-state index contributed by atoms with van der Waals surface area (Å²) in [7, 11) is -6.89. The molecule has 3 aliphatic heterocycles. The van der Waals surface area contributed by atoms with E-state index in [9.17, 15) is 16.8 Å². The Morgan fingerprint density at radius 1 is 0.684 bits per heavy atom. The summed E-state index contributed by atoms with van der Waals surface area (Å²) in [5.41, 5.74) is -1.84. The Morgan fingerprint density at radius 3 is 1.63 bits per heavy atom. The van der Waals surface area contributed by atoms with Gasteiger partial charge in [0.2, 0.25) is 20.0 Å². The van der Waals surface area contributed by atoms with Crippen molar-refractivity contribution in [3.63, 3.8) is 0 Å². The van der Waals surface area contributed by atoms with E-state index in [-0.39, 0.29) is 30.8 Å². The third-order valence-corrected chi connectivity index (χ3v) is 10.7. The molecule has 0 aromatic carbocycles. The first-order valence-electron chi connectivity index (χ1n) is 14.6. The van der Waals surface area contributed by atoms with Gasteiger partial charge in [-0.2, -0.15) is 0 Å². The molecule has 0 bridgehead atoms. The minimum absolute atomic E-state index is 0.0788. The van der Waals surface area contributed by atoms with E-state index in [1.807, 2.05) is 18.7 Å². The van der Waals surface area contributed by atoms with Crippen molar-refractivity contribution >= 4 is 20.0 Å². The van der Waals surface area contributed by atoms with Gasteiger partial charge in [-0.15, -0.1) is 0 Å². The lowest BCUT2D eigenvalue weighted by atomic mass is 10.1. The predicted molar refractivity (Wildman–Crippen MR) is 148 cm³/mol. The third kappa shape index (κ3) is 8.58. The van der Waals surface area contributed by atoms with Crippen LogP contribution in [0.3, 0.4) is 0 Å². The highest BCUT2D eigenvalue weighted by atomic mass is 32.2. The van der Waals surface area contributed by atoms with E-state index >= 15 is 0 Å². The lowest BCUT2D eigenvalue weighted by Gasteiger charge is -2.32. The van der Waals surface area contributed by atoms with E-state index in [2.05, 4.69) is 23.3 Å². The number of hydrogen-bond donors (Lipinski definition) is 2. The highest BCUT2D eigenvalue weighted by Gasteiger charge is 2.67. The zero-order valence-corrected chi connectivity index (χ0v) is 25.5. The van der Waals surface area contributed by atoms with Crippen LogP contribution in [0.5, 0.6) is 0 Å². The molecule has 0 unspecified atom stereocenters. The van der Waals surface area contributed by atoms with Gasteiger partial charge >= 0.3 is 0 Å². The molecule has 10 nitrogen and oxygen atoms in total. The molecule has 3 saturated heterocycles. The average molecular weight is 582 g/mol. The molecule has 0 amide bonds. The second-order valence-corrected chi connectivity index (χ2v) is 15.5. The summed E-state index contributed by atoms with van der Waals surface area (Å²) >= 11 is 0. The molecule has 12 heteroatoms. The highest BCUT2D eigenvalue weighted by Crippen LogP contribution is 2.48. The molecule has 38 heavy (non-hydrogen) atoms. The van der Waals surface area contributed by atoms with Gasteiger partial charge in [0.05, 0.1) is 18.1 Å². The summed E-state index contributed by atoms with van der Waals surface area (Å²) in [6.07, 6.45) is 10.8. The fourth-order valence-electron chi connectivity index (χ4n) is 5.59. The molecule has 3 rings (SSSR count). The molecule has 224 valence electrons. The first-order chi connectivity index (χ1) is 18.0. The van der Waals surface area contributed by atoms with E-state index in [1.165, 1.54) is 12.8 Å². The van der Waals surface area contributed by atoms with E-state index in [1.54, 1.807) is 0 Å². The van der Waals surface area contributed by atoms with Crippen LogP contribution >= 0.6 is 0 Å². The third-order valence-electron chi connectivity index (χ3n) is 7.92. The molecule has 2 N–H and O–H groups in total. The van der Waals surface area contributed by atoms with Crippen LogP contribution < -0.4 is 9.44 Å². The van der Waals surface area contributed by atoms with Crippen LogP contribution in [0.2, 0.25) is 0 Å². The quantitative estimate of drug-likeness (QED) is 0.210. The van der Waals surface area contributed by atoms with Crippen molar-refractivity contribution in [2.24, 2.45) is 0 Å². The van der Waals surface area contributed by atoms with E-state index in [0.717, 1.165) is 51.4 Å². The number of nitrogens with zero attached hydrogens (tertiary/aromatic N) is 1. The number of hydrogen-bond acceptors (Lipinski definition) is 8. The summed E-state index contributed by atoms with van der Waals surface area (Å²) < 4.78 is 74.6. The van der Waals surface area contributed by atoms with Crippen LogP contribution in [0.15, 0.2) is 0 Å². The Hall–Kier alpha value is -0.340. The van der Waals surface area contributed by atoms with Crippen molar-refractivity contribution in [1.82, 2.24) is 14.3 Å². The molecule has 3 heterocycles. The standard InChI is InChI=1S/C26H51N3O7S2/c1-5-7-9-11-13-15-17-37(30,31)27-20-25(3)23-29-22(19-34-23)35-26(4,24(29)36-25)21-28-38(32,33)18-16-14-12-10-8-6-2/h22-24,27-28H,5-21H2,1-4H3/t22-,23-,24-,25+,26-/m1/s1. The maximum absolute atomic E-state index is 12.6. The van der Waals surface area contributed by atoms with Crippen molar-refractivity contribution in [2.75, 3.05) is 31.2 Å². The van der Waals surface area contributed by atoms with Crippen LogP contribution in [-0.4, -0.2) is 82.8 Å². The summed E-state index contributed by atoms with van der Waals surface area (Å²) in [6.45, 7) is 8.48. The fraction of sp³-hybridized carbons (Fsp3) is 1.00. The van der Waals surface area contributed by atoms with Crippen LogP contribution in [-0.2, 0) is 34.3 Å². The summed E-state index contributed by atoms with van der Waals surface area (Å²) in [5, 5.41) is 0. The Bertz CT molecular complexity index is 898. The molecule has 0 aromatic rings. The van der Waals surface area contributed by atoms with Gasteiger partial charge in [-0.25, -0.2) is 31.2 Å². The Labute approximate surface area is 231 Å². The topological polar surface area (TPSA) is 123 Å². The van der Waals surface area contributed by atoms with Crippen molar-refractivity contribution in [2.45, 2.75) is 135 Å². The van der Waals surface area contributed by atoms with E-state index in [4.69, 9.17) is 14.2 Å². The van der Waals surface area contributed by atoms with Crippen LogP contribution in [0.4, 0.5) is 0 Å². The SMILES string of the molecule is CCCCCCCCS(=O)(=O)NC[C@@]1(C)O[C@@H]2CO[C@H]3N2[C@@H]1O[C@@]3(C)CNS(=O)(=O)CCCCCCCC. The maximum Gasteiger partial charge on any atom is 0.211 e. The number of sulfonamides is 2. The number of rotatable bonds is 20. The van der Waals surface area contributed by atoms with Gasteiger partial charge in [0.25, 0.3) is 0 Å². The smallest absolute Gasteiger partial charge is 0.211 e. The summed E-state index contributed by atoms with van der Waals surface area (Å²) in [4.78, 5) is 1.98. The molecule has 0 aromatic heterocycles. The van der Waals surface area contributed by atoms with Gasteiger partial charge < -0.3 is 14.2 Å². The maximum atomic E-state index is 12.6. The minimum atomic E-state index is -3.44. The van der Waals surface area contributed by atoms with Crippen molar-refractivity contribution in [3.05, 3.63) is 0 Å². The molecule has 0 spiro atoms. The van der Waals surface area contributed by atoms with Gasteiger partial charge in [-0.1, -0.05) is 78.1 Å². The van der Waals surface area contributed by atoms with Crippen molar-refractivity contribution in [1.29, 1.82) is 0 Å². The molecule has 5 atom stereocenters. The molecule has 0 radical (unpaired) electrons. The fourth-order valence-corrected chi connectivity index (χ4v) is 8.06. The molecule has 0 saturated carbocycles. The number of nitrogens with one attached hydrogen (secondary N) is 2. The number of unbranched alkanes of at least 4 members (excludes halogenated alkanes) is 10. The molecular formula is C26H51N3O7S2. The van der Waals surface area contributed by atoms with Gasteiger partial charge in [0, 0.05) is 13.1 Å². The van der Waals surface area contributed by atoms with E-state index < -0.39 is 43.7 Å². The molecule has 3 aliphatic rings. The second-order valence-electron chi connectivity index (χ2n) is 11.6. The molecule has 3 fully saturated rings. The van der Waals surface area contributed by atoms with Crippen molar-refractivity contribution in [3.8, 4) is 0 Å². The van der Waals surface area contributed by atoms with Gasteiger partial charge in [0.15, 0.2) is 0 Å². The van der Waals surface area contributed by atoms with Gasteiger partial charge in [0.1, 0.15) is 29.9 Å². The second kappa shape index (κ2) is 14.0. The van der Waals surface area contributed by atoms with Crippen molar-refractivity contribution < 1.29 is 31.0 Å². The Balaban J connectivity index is 1.50. The van der Waals surface area contributed by atoms with Crippen LogP contribution in [0, 0.1) is 0 Å². The normalized spacial score (nSPS) is 31.3. The zero-order chi connectivity index (χ0) is 27.9. The van der Waals surface area contributed by atoms with Crippen LogP contribution in [0.25, 0.3) is 0 Å². The zero-order valence-electron chi connectivity index (χ0n) is 23.9. The Kier molecular flexibility index (Phi) is 11.9. The van der Waals surface area contributed by atoms with Gasteiger partial charge in [-0.3, -0.25) is 0 Å². The van der Waals surface area contributed by atoms with Gasteiger partial charge in [-0.05, 0) is 26.7 Å². The predicted octanol–water partition coefficient (Wildman–Crippen LogP) is 3.43. The summed E-state index contributed by atoms with van der Waals surface area (Å²) in [5.74, 6) is 0.190. The van der Waals surface area contributed by atoms with E-state index in [0.29, 0.717) is 19.4 Å². The molecule has 0 aliphatic carbocycles. The summed E-state index contributed by atoms with van der Waals surface area (Å²) in [6, 6.07) is 0. The Morgan fingerprint density at radius 2 is 1.13 bits per heavy atom. The molecular weight excluding hydrogens is 530 g/mol. The number of ether oxygens (including phenoxy) is 3.